The number of likely N-dealkylation sites (tertiary alicyclic amines) is 1. The molecular weight excluding hydrogens is 312 g/mol. The van der Waals surface area contributed by atoms with E-state index in [9.17, 15) is 9.59 Å². The van der Waals surface area contributed by atoms with Gasteiger partial charge in [-0.3, -0.25) is 9.59 Å². The topological polar surface area (TPSA) is 59.5 Å². The molecule has 2 rings (SSSR count). The number of thiazole rings is 1. The highest BCUT2D eigenvalue weighted by Gasteiger charge is 2.22. The summed E-state index contributed by atoms with van der Waals surface area (Å²) < 4.78 is 5.54. The summed E-state index contributed by atoms with van der Waals surface area (Å²) in [5, 5.41) is 1.05. The minimum absolute atomic E-state index is 0.0572. The van der Waals surface area contributed by atoms with Gasteiger partial charge in [-0.2, -0.15) is 0 Å². The van der Waals surface area contributed by atoms with Gasteiger partial charge in [0, 0.05) is 13.0 Å². The van der Waals surface area contributed by atoms with Crippen molar-refractivity contribution >= 4 is 23.2 Å². The number of rotatable bonds is 5. The Kier molecular flexibility index (Phi) is 6.57. The molecule has 0 bridgehead atoms. The highest BCUT2D eigenvalue weighted by atomic mass is 32.1. The van der Waals surface area contributed by atoms with Crippen LogP contribution in [0.4, 0.5) is 0 Å². The second kappa shape index (κ2) is 8.43. The average Bonchev–Trinajstić information content (AvgIpc) is 2.88. The molecule has 0 unspecified atom stereocenters. The fraction of sp³-hybridized carbons (Fsp3) is 0.706. The lowest BCUT2D eigenvalue weighted by molar-refractivity contribution is -0.153. The molecule has 1 aliphatic heterocycles. The summed E-state index contributed by atoms with van der Waals surface area (Å²) in [6, 6.07) is 0. The van der Waals surface area contributed by atoms with Gasteiger partial charge < -0.3 is 9.64 Å². The monoisotopic (exact) mass is 338 g/mol. The summed E-state index contributed by atoms with van der Waals surface area (Å²) in [7, 11) is 0. The van der Waals surface area contributed by atoms with Crippen molar-refractivity contribution in [3.63, 3.8) is 0 Å². The van der Waals surface area contributed by atoms with Gasteiger partial charge in [-0.25, -0.2) is 4.98 Å². The molecule has 23 heavy (non-hydrogen) atoms. The summed E-state index contributed by atoms with van der Waals surface area (Å²) in [6.45, 7) is 6.58. The minimum atomic E-state index is -0.336. The van der Waals surface area contributed by atoms with Crippen molar-refractivity contribution in [1.29, 1.82) is 0 Å². The predicted octanol–water partition coefficient (Wildman–Crippen LogP) is 3.41. The van der Waals surface area contributed by atoms with Crippen molar-refractivity contribution in [2.45, 2.75) is 65.4 Å². The van der Waals surface area contributed by atoms with Gasteiger partial charge in [0.15, 0.2) is 0 Å². The first-order valence-electron chi connectivity index (χ1n) is 8.44. The van der Waals surface area contributed by atoms with Crippen LogP contribution in [0.5, 0.6) is 0 Å². The van der Waals surface area contributed by atoms with Gasteiger partial charge in [-0.15, -0.1) is 11.3 Å². The lowest BCUT2D eigenvalue weighted by atomic mass is 10.1. The first-order chi connectivity index (χ1) is 11.0. The molecule has 0 aromatic carbocycles. The number of nitrogens with zero attached hydrogens (tertiary/aromatic N) is 2. The molecule has 0 aliphatic carbocycles. The van der Waals surface area contributed by atoms with E-state index in [-0.39, 0.29) is 24.5 Å². The van der Waals surface area contributed by atoms with Gasteiger partial charge >= 0.3 is 5.97 Å². The number of hydrogen-bond acceptors (Lipinski definition) is 5. The second-order valence-corrected chi connectivity index (χ2v) is 7.14. The third-order valence-corrected chi connectivity index (χ3v) is 5.56. The molecule has 0 N–H and O–H groups in total. The number of aryl methyl sites for hydroxylation is 2. The minimum Gasteiger partial charge on any atom is -0.456 e. The van der Waals surface area contributed by atoms with Crippen LogP contribution in [0.2, 0.25) is 0 Å². The molecule has 2 heterocycles. The maximum absolute atomic E-state index is 12.2. The van der Waals surface area contributed by atoms with Gasteiger partial charge in [0.05, 0.1) is 15.6 Å². The van der Waals surface area contributed by atoms with Crippen molar-refractivity contribution in [1.82, 2.24) is 9.88 Å². The molecule has 1 amide bonds. The van der Waals surface area contributed by atoms with Crippen LogP contribution < -0.4 is 0 Å². The van der Waals surface area contributed by atoms with E-state index < -0.39 is 0 Å². The van der Waals surface area contributed by atoms with Gasteiger partial charge in [-0.1, -0.05) is 19.8 Å². The summed E-state index contributed by atoms with van der Waals surface area (Å²) in [5.74, 6) is -0.270. The number of ether oxygens (including phenoxy) is 1. The van der Waals surface area contributed by atoms with Crippen molar-refractivity contribution < 1.29 is 14.3 Å². The number of amides is 1. The first-order valence-corrected chi connectivity index (χ1v) is 9.26. The van der Waals surface area contributed by atoms with Crippen LogP contribution >= 0.6 is 11.3 Å². The van der Waals surface area contributed by atoms with E-state index in [1.165, 1.54) is 0 Å². The summed E-state index contributed by atoms with van der Waals surface area (Å²) in [4.78, 5) is 31.4. The smallest absolute Gasteiger partial charge is 0.326 e. The van der Waals surface area contributed by atoms with Crippen LogP contribution in [0, 0.1) is 6.92 Å². The lowest BCUT2D eigenvalue weighted by Crippen LogP contribution is -2.38. The Morgan fingerprint density at radius 1 is 1.35 bits per heavy atom. The van der Waals surface area contributed by atoms with Crippen LogP contribution in [-0.4, -0.2) is 34.8 Å². The van der Waals surface area contributed by atoms with E-state index in [4.69, 9.17) is 4.74 Å². The number of hydrogen-bond donors (Lipinski definition) is 0. The van der Waals surface area contributed by atoms with E-state index in [1.54, 1.807) is 16.2 Å². The standard InChI is InChI=1S/C17H26N2O3S/c1-4-14-18-12(2)17(23-14)13(3)22-16(21)11-19-10-8-6-5-7-9-15(19)20/h13H,4-11H2,1-3H3/t13-/m1/s1. The maximum atomic E-state index is 12.2. The van der Waals surface area contributed by atoms with Crippen LogP contribution in [0.1, 0.15) is 67.6 Å². The van der Waals surface area contributed by atoms with Crippen molar-refractivity contribution in [2.75, 3.05) is 13.1 Å². The molecule has 1 atom stereocenters. The molecule has 0 saturated carbocycles. The second-order valence-electron chi connectivity index (χ2n) is 6.02. The fourth-order valence-electron chi connectivity index (χ4n) is 2.82. The molecular formula is C17H26N2O3S. The molecule has 1 aromatic rings. The van der Waals surface area contributed by atoms with Crippen LogP contribution in [0.25, 0.3) is 0 Å². The Morgan fingerprint density at radius 3 is 2.78 bits per heavy atom. The molecule has 1 saturated heterocycles. The van der Waals surface area contributed by atoms with Crippen molar-refractivity contribution in [3.8, 4) is 0 Å². The van der Waals surface area contributed by atoms with Gasteiger partial charge in [0.1, 0.15) is 12.6 Å². The van der Waals surface area contributed by atoms with E-state index in [1.807, 2.05) is 13.8 Å². The predicted molar refractivity (Wildman–Crippen MR) is 90.4 cm³/mol. The van der Waals surface area contributed by atoms with E-state index >= 15 is 0 Å². The summed E-state index contributed by atoms with van der Waals surface area (Å²) >= 11 is 1.59. The van der Waals surface area contributed by atoms with E-state index in [0.29, 0.717) is 13.0 Å². The number of carbonyl (C=O) groups is 2. The van der Waals surface area contributed by atoms with Crippen LogP contribution in [-0.2, 0) is 20.7 Å². The molecule has 1 aromatic heterocycles. The number of aromatic nitrogens is 1. The highest BCUT2D eigenvalue weighted by molar-refractivity contribution is 7.11. The van der Waals surface area contributed by atoms with Gasteiger partial charge in [0.2, 0.25) is 5.91 Å². The molecule has 5 nitrogen and oxygen atoms in total. The molecule has 1 aliphatic rings. The number of carbonyl (C=O) groups excluding carboxylic acids is 2. The van der Waals surface area contributed by atoms with E-state index in [2.05, 4.69) is 11.9 Å². The third kappa shape index (κ3) is 5.03. The Hall–Kier alpha value is -1.43. The Balaban J connectivity index is 1.92. The zero-order valence-corrected chi connectivity index (χ0v) is 15.1. The van der Waals surface area contributed by atoms with Crippen molar-refractivity contribution in [2.24, 2.45) is 0 Å². The van der Waals surface area contributed by atoms with Crippen LogP contribution in [0.15, 0.2) is 0 Å². The van der Waals surface area contributed by atoms with Crippen molar-refractivity contribution in [3.05, 3.63) is 15.6 Å². The molecule has 128 valence electrons. The third-order valence-electron chi connectivity index (χ3n) is 4.10. The Morgan fingerprint density at radius 2 is 2.09 bits per heavy atom. The van der Waals surface area contributed by atoms with Gasteiger partial charge in [-0.05, 0) is 33.1 Å². The average molecular weight is 338 g/mol. The zero-order chi connectivity index (χ0) is 16.8. The molecule has 1 fully saturated rings. The Bertz CT molecular complexity index is 556. The van der Waals surface area contributed by atoms with Gasteiger partial charge in [0.25, 0.3) is 0 Å². The fourth-order valence-corrected chi connectivity index (χ4v) is 3.81. The molecule has 0 spiro atoms. The number of esters is 1. The maximum Gasteiger partial charge on any atom is 0.326 e. The first kappa shape index (κ1) is 17.9. The lowest BCUT2D eigenvalue weighted by Gasteiger charge is -2.24. The summed E-state index contributed by atoms with van der Waals surface area (Å²) in [6.07, 6.45) is 5.21. The van der Waals surface area contributed by atoms with E-state index in [0.717, 1.165) is 47.7 Å². The largest absolute Gasteiger partial charge is 0.456 e. The molecule has 0 radical (unpaired) electrons. The summed E-state index contributed by atoms with van der Waals surface area (Å²) in [5.41, 5.74) is 0.925. The zero-order valence-electron chi connectivity index (χ0n) is 14.3. The SMILES string of the molecule is CCc1nc(C)c([C@@H](C)OC(=O)CN2CCCCCCC2=O)s1. The van der Waals surface area contributed by atoms with Crippen LogP contribution in [0.3, 0.4) is 0 Å². The Labute approximate surface area is 142 Å². The molecule has 6 heteroatoms. The highest BCUT2D eigenvalue weighted by Crippen LogP contribution is 2.28. The quantitative estimate of drug-likeness (QED) is 0.772. The normalized spacial score (nSPS) is 17.5.